The molecule has 0 fully saturated rings. The summed E-state index contributed by atoms with van der Waals surface area (Å²) >= 11 is 0. The number of benzene rings is 2. The van der Waals surface area contributed by atoms with Gasteiger partial charge in [-0.15, -0.1) is 0 Å². The quantitative estimate of drug-likeness (QED) is 0.665. The Balaban J connectivity index is 1.84. The summed E-state index contributed by atoms with van der Waals surface area (Å²) < 4.78 is 13.6. The molecule has 0 amide bonds. The summed E-state index contributed by atoms with van der Waals surface area (Å²) in [6, 6.07) is 16.7. The second kappa shape index (κ2) is 5.89. The number of nitrogens with zero attached hydrogens (tertiary/aromatic N) is 1. The van der Waals surface area contributed by atoms with Gasteiger partial charge in [0.2, 0.25) is 0 Å². The van der Waals surface area contributed by atoms with Crippen molar-refractivity contribution < 1.29 is 9.00 Å². The van der Waals surface area contributed by atoms with E-state index in [1.807, 2.05) is 42.5 Å². The van der Waals surface area contributed by atoms with Crippen LogP contribution in [0.3, 0.4) is 0 Å². The summed E-state index contributed by atoms with van der Waals surface area (Å²) in [5, 5.41) is 5.09. The van der Waals surface area contributed by atoms with Crippen molar-refractivity contribution in [3.63, 3.8) is 0 Å². The van der Waals surface area contributed by atoms with Gasteiger partial charge in [0.25, 0.3) is 0 Å². The van der Waals surface area contributed by atoms with Gasteiger partial charge in [-0.2, -0.15) is 0 Å². The first-order chi connectivity index (χ1) is 11.7. The molecule has 0 aromatic heterocycles. The highest BCUT2D eigenvalue weighted by Gasteiger charge is 2.25. The Hall–Kier alpha value is -2.44. The van der Waals surface area contributed by atoms with Crippen LogP contribution < -0.4 is 5.32 Å². The number of carbonyl (C=O) groups is 1. The minimum absolute atomic E-state index is 0.164. The lowest BCUT2D eigenvalue weighted by molar-refractivity contribution is 0.104. The summed E-state index contributed by atoms with van der Waals surface area (Å²) in [5.41, 5.74) is 3.16. The molecule has 0 saturated heterocycles. The zero-order valence-electron chi connectivity index (χ0n) is 12.6. The number of hydrogen-bond acceptors (Lipinski definition) is 4. The molecule has 4 nitrogen and oxygen atoms in total. The van der Waals surface area contributed by atoms with Crippen molar-refractivity contribution in [3.05, 3.63) is 82.9 Å². The summed E-state index contributed by atoms with van der Waals surface area (Å²) in [5.74, 6) is -0.164. The highest BCUT2D eigenvalue weighted by molar-refractivity contribution is 8.55. The van der Waals surface area contributed by atoms with Gasteiger partial charge in [-0.3, -0.25) is 9.00 Å². The van der Waals surface area contributed by atoms with E-state index < -0.39 is 17.9 Å². The van der Waals surface area contributed by atoms with Crippen molar-refractivity contribution in [1.29, 1.82) is 0 Å². The van der Waals surface area contributed by atoms with Crippen molar-refractivity contribution in [2.75, 3.05) is 0 Å². The average Bonchev–Trinajstić information content (AvgIpc) is 3.20. The molecule has 0 saturated carbocycles. The minimum Gasteiger partial charge on any atom is -0.354 e. The van der Waals surface area contributed by atoms with E-state index in [1.54, 1.807) is 29.3 Å². The normalized spacial score (nSPS) is 25.7. The zero-order valence-corrected chi connectivity index (χ0v) is 14.2. The third-order valence-electron chi connectivity index (χ3n) is 3.74. The van der Waals surface area contributed by atoms with Crippen LogP contribution in [0, 0.1) is 0 Å². The molecule has 24 heavy (non-hydrogen) atoms. The SMILES string of the molecule is O=C(C=C1NC=CS1(=O)=S1C=Nc2ccccc21)c1ccccc1. The first kappa shape index (κ1) is 15.1. The monoisotopic (exact) mass is 354 g/mol. The molecule has 2 aliphatic heterocycles. The van der Waals surface area contributed by atoms with Gasteiger partial charge in [0.1, 0.15) is 5.03 Å². The van der Waals surface area contributed by atoms with Crippen LogP contribution in [0.5, 0.6) is 0 Å². The molecule has 0 aliphatic carbocycles. The van der Waals surface area contributed by atoms with Crippen molar-refractivity contribution in [1.82, 2.24) is 5.32 Å². The van der Waals surface area contributed by atoms with Crippen LogP contribution in [-0.2, 0) is 17.9 Å². The fourth-order valence-electron chi connectivity index (χ4n) is 2.54. The van der Waals surface area contributed by atoms with Crippen molar-refractivity contribution in [3.8, 4) is 0 Å². The molecule has 0 radical (unpaired) electrons. The van der Waals surface area contributed by atoms with Crippen molar-refractivity contribution >= 4 is 35.0 Å². The van der Waals surface area contributed by atoms with Gasteiger partial charge in [0.05, 0.1) is 19.7 Å². The molecule has 4 rings (SSSR count). The third-order valence-corrected chi connectivity index (χ3v) is 9.96. The standard InChI is InChI=1S/C18H14N2O2S2/c21-16(14-6-2-1-3-7-14)12-18-19-10-11-24(18,22)23-13-20-15-8-4-5-9-17(15)23/h1-13,19H. The molecular weight excluding hydrogens is 340 g/mol. The number of nitrogens with one attached hydrogen (secondary N) is 1. The van der Waals surface area contributed by atoms with Gasteiger partial charge in [-0.25, -0.2) is 4.99 Å². The second-order valence-corrected chi connectivity index (χ2v) is 10.8. The Kier molecular flexibility index (Phi) is 3.70. The number of hydrogen-bond donors (Lipinski definition) is 1. The Morgan fingerprint density at radius 1 is 1.08 bits per heavy atom. The lowest BCUT2D eigenvalue weighted by Crippen LogP contribution is -2.13. The van der Waals surface area contributed by atoms with Crippen LogP contribution >= 0.6 is 0 Å². The summed E-state index contributed by atoms with van der Waals surface area (Å²) in [7, 11) is -3.24. The van der Waals surface area contributed by atoms with Crippen LogP contribution in [0.25, 0.3) is 0 Å². The number of para-hydroxylation sites is 1. The number of allylic oxidation sites excluding steroid dienone is 1. The molecule has 2 unspecified atom stereocenters. The van der Waals surface area contributed by atoms with Crippen LogP contribution in [0.2, 0.25) is 0 Å². The zero-order chi connectivity index (χ0) is 16.6. The molecular formula is C18H14N2O2S2. The molecule has 2 aromatic rings. The lowest BCUT2D eigenvalue weighted by Gasteiger charge is -2.09. The molecule has 1 N–H and O–H groups in total. The van der Waals surface area contributed by atoms with E-state index in [0.29, 0.717) is 10.6 Å². The van der Waals surface area contributed by atoms with E-state index in [2.05, 4.69) is 10.3 Å². The summed E-state index contributed by atoms with van der Waals surface area (Å²) in [6.45, 7) is 0. The molecule has 120 valence electrons. The minimum atomic E-state index is -2.56. The van der Waals surface area contributed by atoms with E-state index >= 15 is 0 Å². The maximum absolute atomic E-state index is 13.6. The van der Waals surface area contributed by atoms with Crippen molar-refractivity contribution in [2.45, 2.75) is 4.90 Å². The average molecular weight is 354 g/mol. The Labute approximate surface area is 142 Å². The van der Waals surface area contributed by atoms with E-state index in [1.165, 1.54) is 6.08 Å². The van der Waals surface area contributed by atoms with Gasteiger partial charge >= 0.3 is 0 Å². The Morgan fingerprint density at radius 2 is 1.83 bits per heavy atom. The molecule has 6 heteroatoms. The number of fused-ring (bicyclic) bond motifs is 1. The van der Waals surface area contributed by atoms with Gasteiger partial charge in [-0.05, 0) is 21.6 Å². The topological polar surface area (TPSA) is 58.5 Å². The van der Waals surface area contributed by atoms with Gasteiger partial charge in [0, 0.05) is 28.1 Å². The second-order valence-electron chi connectivity index (χ2n) is 5.23. The number of carbonyl (C=O) groups excluding carboxylic acids is 1. The van der Waals surface area contributed by atoms with E-state index in [0.717, 1.165) is 10.6 Å². The van der Waals surface area contributed by atoms with Gasteiger partial charge < -0.3 is 5.32 Å². The smallest absolute Gasteiger partial charge is 0.188 e. The maximum Gasteiger partial charge on any atom is 0.188 e. The predicted octanol–water partition coefficient (Wildman–Crippen LogP) is 3.34. The highest BCUT2D eigenvalue weighted by Crippen LogP contribution is 2.33. The summed E-state index contributed by atoms with van der Waals surface area (Å²) in [4.78, 5) is 17.8. The van der Waals surface area contributed by atoms with Crippen LogP contribution in [0.4, 0.5) is 5.69 Å². The van der Waals surface area contributed by atoms with Gasteiger partial charge in [0.15, 0.2) is 5.78 Å². The Morgan fingerprint density at radius 3 is 2.67 bits per heavy atom. The molecule has 2 aliphatic rings. The number of ketones is 1. The largest absolute Gasteiger partial charge is 0.354 e. The number of rotatable bonds is 2. The molecule has 2 atom stereocenters. The van der Waals surface area contributed by atoms with Gasteiger partial charge in [-0.1, -0.05) is 42.5 Å². The Bertz CT molecular complexity index is 1040. The predicted molar refractivity (Wildman–Crippen MR) is 99.5 cm³/mol. The van der Waals surface area contributed by atoms with E-state index in [9.17, 15) is 9.00 Å². The molecule has 0 spiro atoms. The van der Waals surface area contributed by atoms with E-state index in [4.69, 9.17) is 0 Å². The summed E-state index contributed by atoms with van der Waals surface area (Å²) in [6.07, 6.45) is 3.09. The molecule has 2 heterocycles. The lowest BCUT2D eigenvalue weighted by atomic mass is 10.1. The van der Waals surface area contributed by atoms with Crippen molar-refractivity contribution in [2.24, 2.45) is 4.99 Å². The molecule has 2 aromatic carbocycles. The third kappa shape index (κ3) is 2.44. The van der Waals surface area contributed by atoms with Crippen LogP contribution in [0.1, 0.15) is 10.4 Å². The van der Waals surface area contributed by atoms with E-state index in [-0.39, 0.29) is 5.78 Å². The van der Waals surface area contributed by atoms with Crippen LogP contribution in [-0.4, -0.2) is 15.5 Å². The van der Waals surface area contributed by atoms with Crippen LogP contribution in [0.15, 0.2) is 87.2 Å². The molecule has 0 bridgehead atoms. The highest BCUT2D eigenvalue weighted by atomic mass is 32.9. The fourth-order valence-corrected chi connectivity index (χ4v) is 8.14. The fraction of sp³-hybridized carbons (Fsp3) is 0. The maximum atomic E-state index is 13.6. The first-order valence-electron chi connectivity index (χ1n) is 7.34. The first-order valence-corrected chi connectivity index (χ1v) is 10.8. The number of aliphatic imine (C=N–C) groups is 1.